The Labute approximate surface area is 76.8 Å². The van der Waals surface area contributed by atoms with Gasteiger partial charge < -0.3 is 0 Å². The van der Waals surface area contributed by atoms with Crippen molar-refractivity contribution in [1.82, 2.24) is 9.38 Å². The molecule has 12 heavy (non-hydrogen) atoms. The summed E-state index contributed by atoms with van der Waals surface area (Å²) >= 11 is 1.28. The van der Waals surface area contributed by atoms with Crippen molar-refractivity contribution in [3.05, 3.63) is 17.9 Å². The molecule has 2 aromatic heterocycles. The molecule has 0 saturated carbocycles. The van der Waals surface area contributed by atoms with Crippen LogP contribution in [0.3, 0.4) is 0 Å². The Morgan fingerprint density at radius 2 is 2.33 bits per heavy atom. The molecule has 4 nitrogen and oxygen atoms in total. The van der Waals surface area contributed by atoms with Gasteiger partial charge in [0, 0.05) is 22.3 Å². The van der Waals surface area contributed by atoms with Crippen molar-refractivity contribution in [3.63, 3.8) is 0 Å². The normalized spacial score (nSPS) is 12.4. The number of fused-ring (bicyclic) bond motifs is 1. The third kappa shape index (κ3) is 1.12. The number of thiazole rings is 1. The zero-order valence-electron chi connectivity index (χ0n) is 5.64. The molecule has 64 valence electrons. The summed E-state index contributed by atoms with van der Waals surface area (Å²) in [5, 5.41) is 1.70. The first kappa shape index (κ1) is 8.03. The fraction of sp³-hybridized carbons (Fsp3) is 0. The van der Waals surface area contributed by atoms with Gasteiger partial charge in [0.25, 0.3) is 9.05 Å². The van der Waals surface area contributed by atoms with Crippen LogP contribution in [0.4, 0.5) is 0 Å². The number of rotatable bonds is 1. The van der Waals surface area contributed by atoms with E-state index in [1.54, 1.807) is 16.0 Å². The molecule has 0 aliphatic carbocycles. The summed E-state index contributed by atoms with van der Waals surface area (Å²) < 4.78 is 23.4. The van der Waals surface area contributed by atoms with Crippen LogP contribution in [0.1, 0.15) is 0 Å². The number of hydrogen-bond acceptors (Lipinski definition) is 4. The molecule has 7 heteroatoms. The third-order valence-electron chi connectivity index (χ3n) is 1.35. The lowest BCUT2D eigenvalue weighted by molar-refractivity contribution is 0.608. The van der Waals surface area contributed by atoms with Gasteiger partial charge in [-0.15, -0.1) is 11.3 Å². The molecule has 0 aliphatic rings. The summed E-state index contributed by atoms with van der Waals surface area (Å²) in [5.41, 5.74) is 0. The number of halogens is 1. The first-order valence-corrected chi connectivity index (χ1v) is 6.13. The minimum atomic E-state index is -3.71. The van der Waals surface area contributed by atoms with Gasteiger partial charge in [-0.05, 0) is 0 Å². The van der Waals surface area contributed by atoms with Crippen molar-refractivity contribution in [2.24, 2.45) is 0 Å². The Bertz CT molecular complexity index is 512. The molecule has 0 amide bonds. The molecule has 0 fully saturated rings. The van der Waals surface area contributed by atoms with Crippen LogP contribution < -0.4 is 0 Å². The Hall–Kier alpha value is -0.590. The molecule has 2 aromatic rings. The first-order valence-electron chi connectivity index (χ1n) is 2.94. The summed E-state index contributed by atoms with van der Waals surface area (Å²) in [7, 11) is 1.43. The van der Waals surface area contributed by atoms with Gasteiger partial charge in [-0.25, -0.2) is 13.4 Å². The van der Waals surface area contributed by atoms with Crippen molar-refractivity contribution in [2.45, 2.75) is 5.03 Å². The van der Waals surface area contributed by atoms with Crippen molar-refractivity contribution < 1.29 is 8.42 Å². The van der Waals surface area contributed by atoms with Gasteiger partial charge in [-0.1, -0.05) is 0 Å². The van der Waals surface area contributed by atoms with Crippen molar-refractivity contribution in [2.75, 3.05) is 0 Å². The summed E-state index contributed by atoms with van der Waals surface area (Å²) in [5.74, 6) is 0. The van der Waals surface area contributed by atoms with E-state index in [0.717, 1.165) is 0 Å². The second-order valence-corrected chi connectivity index (χ2v) is 5.48. The lowest BCUT2D eigenvalue weighted by Crippen LogP contribution is -1.89. The zero-order chi connectivity index (χ0) is 8.77. The predicted molar refractivity (Wildman–Crippen MR) is 46.1 cm³/mol. The van der Waals surface area contributed by atoms with Crippen LogP contribution in [0.25, 0.3) is 4.83 Å². The third-order valence-corrected chi connectivity index (χ3v) is 3.56. The maximum absolute atomic E-state index is 10.9. The maximum atomic E-state index is 10.9. The molecule has 0 radical (unpaired) electrons. The summed E-state index contributed by atoms with van der Waals surface area (Å²) in [6.07, 6.45) is 3.14. The largest absolute Gasteiger partial charge is 0.296 e. The highest BCUT2D eigenvalue weighted by Crippen LogP contribution is 2.22. The minimum absolute atomic E-state index is 0.0702. The molecule has 0 unspecified atom stereocenters. The van der Waals surface area contributed by atoms with Gasteiger partial charge in [0.2, 0.25) is 5.03 Å². The predicted octanol–water partition coefficient (Wildman–Crippen LogP) is 1.32. The first-order chi connectivity index (χ1) is 5.59. The van der Waals surface area contributed by atoms with E-state index in [4.69, 9.17) is 10.7 Å². The van der Waals surface area contributed by atoms with Crippen LogP contribution >= 0.6 is 22.0 Å². The molecule has 0 bridgehead atoms. The lowest BCUT2D eigenvalue weighted by Gasteiger charge is -1.85. The molecular weight excluding hydrogens is 220 g/mol. The molecule has 2 rings (SSSR count). The van der Waals surface area contributed by atoms with Crippen LogP contribution in [-0.2, 0) is 9.05 Å². The Morgan fingerprint density at radius 1 is 1.58 bits per heavy atom. The van der Waals surface area contributed by atoms with E-state index in [1.165, 1.54) is 17.7 Å². The van der Waals surface area contributed by atoms with Crippen LogP contribution in [0.2, 0.25) is 0 Å². The van der Waals surface area contributed by atoms with Crippen LogP contribution in [0.5, 0.6) is 0 Å². The van der Waals surface area contributed by atoms with Crippen molar-refractivity contribution >= 4 is 35.9 Å². The standard InChI is InChI=1S/C5H3ClN2O2S2/c6-12(9,10)4-5-8(3-7-4)1-2-11-5/h1-3H. The Morgan fingerprint density at radius 3 is 3.00 bits per heavy atom. The number of aromatic nitrogens is 2. The molecule has 0 aromatic carbocycles. The number of hydrogen-bond donors (Lipinski definition) is 0. The SMILES string of the molecule is O=S(=O)(Cl)c1ncn2ccsc12. The monoisotopic (exact) mass is 222 g/mol. The maximum Gasteiger partial charge on any atom is 0.281 e. The second kappa shape index (κ2) is 2.45. The fourth-order valence-corrected chi connectivity index (χ4v) is 3.02. The molecular formula is C5H3ClN2O2S2. The van der Waals surface area contributed by atoms with E-state index in [-0.39, 0.29) is 5.03 Å². The fourth-order valence-electron chi connectivity index (χ4n) is 0.878. The van der Waals surface area contributed by atoms with Crippen molar-refractivity contribution in [1.29, 1.82) is 0 Å². The molecule has 0 aliphatic heterocycles. The van der Waals surface area contributed by atoms with Gasteiger partial charge in [0.05, 0.1) is 0 Å². The van der Waals surface area contributed by atoms with Crippen LogP contribution in [0, 0.1) is 0 Å². The molecule has 0 N–H and O–H groups in total. The molecule has 0 atom stereocenters. The van der Waals surface area contributed by atoms with Crippen LogP contribution in [-0.4, -0.2) is 17.8 Å². The van der Waals surface area contributed by atoms with Crippen LogP contribution in [0.15, 0.2) is 22.9 Å². The van der Waals surface area contributed by atoms with E-state index < -0.39 is 9.05 Å². The van der Waals surface area contributed by atoms with E-state index >= 15 is 0 Å². The van der Waals surface area contributed by atoms with Gasteiger partial charge in [-0.2, -0.15) is 0 Å². The average molecular weight is 223 g/mol. The highest BCUT2D eigenvalue weighted by molar-refractivity contribution is 8.13. The van der Waals surface area contributed by atoms with E-state index in [9.17, 15) is 8.42 Å². The number of imidazole rings is 1. The molecule has 0 saturated heterocycles. The summed E-state index contributed by atoms with van der Waals surface area (Å²) in [4.78, 5) is 4.23. The van der Waals surface area contributed by atoms with Gasteiger partial charge in [0.15, 0.2) is 0 Å². The van der Waals surface area contributed by atoms with Crippen molar-refractivity contribution in [3.8, 4) is 0 Å². The quantitative estimate of drug-likeness (QED) is 0.684. The zero-order valence-corrected chi connectivity index (χ0v) is 8.03. The highest BCUT2D eigenvalue weighted by atomic mass is 35.7. The topological polar surface area (TPSA) is 51.4 Å². The van der Waals surface area contributed by atoms with E-state index in [1.807, 2.05) is 0 Å². The Kier molecular flexibility index (Phi) is 1.64. The molecule has 2 heterocycles. The second-order valence-electron chi connectivity index (χ2n) is 2.10. The average Bonchev–Trinajstić information content (AvgIpc) is 2.37. The lowest BCUT2D eigenvalue weighted by atomic mass is 10.9. The number of nitrogens with zero attached hydrogens (tertiary/aromatic N) is 2. The Balaban J connectivity index is 2.87. The van der Waals surface area contributed by atoms with E-state index in [0.29, 0.717) is 4.83 Å². The van der Waals surface area contributed by atoms with Gasteiger partial charge >= 0.3 is 0 Å². The minimum Gasteiger partial charge on any atom is -0.296 e. The highest BCUT2D eigenvalue weighted by Gasteiger charge is 2.17. The van der Waals surface area contributed by atoms with Gasteiger partial charge in [0.1, 0.15) is 11.2 Å². The summed E-state index contributed by atoms with van der Waals surface area (Å²) in [6.45, 7) is 0. The van der Waals surface area contributed by atoms with Gasteiger partial charge in [-0.3, -0.25) is 4.40 Å². The molecule has 0 spiro atoms. The smallest absolute Gasteiger partial charge is 0.281 e. The van der Waals surface area contributed by atoms with E-state index in [2.05, 4.69) is 4.98 Å². The summed E-state index contributed by atoms with van der Waals surface area (Å²) in [6, 6.07) is 0.